The number of aromatic nitrogens is 1. The third-order valence-electron chi connectivity index (χ3n) is 2.91. The van der Waals surface area contributed by atoms with Gasteiger partial charge in [-0.1, -0.05) is 6.92 Å². The van der Waals surface area contributed by atoms with Crippen LogP contribution in [0.15, 0.2) is 18.3 Å². The quantitative estimate of drug-likeness (QED) is 0.774. The minimum Gasteiger partial charge on any atom is -0.485 e. The fraction of sp³-hybridized carbons (Fsp3) is 0.583. The second kappa shape index (κ2) is 5.85. The number of hydrogen-bond acceptors (Lipinski definition) is 6. The van der Waals surface area contributed by atoms with E-state index in [0.717, 1.165) is 12.2 Å². The van der Waals surface area contributed by atoms with Gasteiger partial charge in [-0.2, -0.15) is 0 Å². The van der Waals surface area contributed by atoms with Gasteiger partial charge >= 0.3 is 0 Å². The van der Waals surface area contributed by atoms with Gasteiger partial charge in [0, 0.05) is 6.54 Å². The molecule has 7 heteroatoms. The smallest absolute Gasteiger partial charge is 0.156 e. The van der Waals surface area contributed by atoms with Crippen molar-refractivity contribution in [3.05, 3.63) is 24.0 Å². The zero-order valence-corrected chi connectivity index (χ0v) is 11.6. The molecule has 2 heterocycles. The first-order valence-corrected chi connectivity index (χ1v) is 8.03. The van der Waals surface area contributed by atoms with E-state index in [9.17, 15) is 13.5 Å². The fourth-order valence-electron chi connectivity index (χ4n) is 1.92. The number of nitrogens with one attached hydrogen (secondary N) is 1. The minimum absolute atomic E-state index is 0.146. The van der Waals surface area contributed by atoms with E-state index in [1.165, 1.54) is 0 Å². The lowest BCUT2D eigenvalue weighted by Gasteiger charge is -2.15. The molecule has 2 unspecified atom stereocenters. The highest BCUT2D eigenvalue weighted by molar-refractivity contribution is 7.91. The van der Waals surface area contributed by atoms with Gasteiger partial charge in [-0.3, -0.25) is 4.98 Å². The van der Waals surface area contributed by atoms with E-state index in [1.54, 1.807) is 12.3 Å². The summed E-state index contributed by atoms with van der Waals surface area (Å²) in [6.45, 7) is 3.56. The third-order valence-corrected chi connectivity index (χ3v) is 4.60. The summed E-state index contributed by atoms with van der Waals surface area (Å²) in [4.78, 5) is 4.20. The summed E-state index contributed by atoms with van der Waals surface area (Å²) < 4.78 is 28.2. The van der Waals surface area contributed by atoms with Gasteiger partial charge in [0.15, 0.2) is 9.84 Å². The normalized spacial score (nSPS) is 25.4. The van der Waals surface area contributed by atoms with E-state index < -0.39 is 22.0 Å². The van der Waals surface area contributed by atoms with Crippen LogP contribution < -0.4 is 10.1 Å². The van der Waals surface area contributed by atoms with E-state index in [-0.39, 0.29) is 11.5 Å². The number of rotatable bonds is 5. The maximum absolute atomic E-state index is 11.4. The number of pyridine rings is 1. The van der Waals surface area contributed by atoms with E-state index >= 15 is 0 Å². The second-order valence-corrected chi connectivity index (χ2v) is 6.72. The molecule has 0 spiro atoms. The van der Waals surface area contributed by atoms with Crippen molar-refractivity contribution >= 4 is 9.84 Å². The van der Waals surface area contributed by atoms with Crippen LogP contribution in [0.25, 0.3) is 0 Å². The van der Waals surface area contributed by atoms with Crippen LogP contribution in [0.3, 0.4) is 0 Å². The predicted octanol–water partition coefficient (Wildman–Crippen LogP) is -0.272. The lowest BCUT2D eigenvalue weighted by molar-refractivity contribution is 0.0735. The molecular formula is C12H18N2O4S. The molecule has 106 valence electrons. The SMILES string of the molecule is CCNCc1ccc(OC2CS(=O)(=O)CC2O)cn1. The van der Waals surface area contributed by atoms with Gasteiger partial charge in [0.1, 0.15) is 18.0 Å². The molecule has 6 nitrogen and oxygen atoms in total. The van der Waals surface area contributed by atoms with Crippen LogP contribution in [0.2, 0.25) is 0 Å². The predicted molar refractivity (Wildman–Crippen MR) is 70.7 cm³/mol. The average molecular weight is 286 g/mol. The summed E-state index contributed by atoms with van der Waals surface area (Å²) in [6, 6.07) is 3.55. The van der Waals surface area contributed by atoms with Crippen molar-refractivity contribution < 1.29 is 18.3 Å². The summed E-state index contributed by atoms with van der Waals surface area (Å²) in [5, 5.41) is 12.8. The largest absolute Gasteiger partial charge is 0.485 e. The van der Waals surface area contributed by atoms with Crippen molar-refractivity contribution in [2.45, 2.75) is 25.7 Å². The molecule has 1 saturated heterocycles. The number of nitrogens with zero attached hydrogens (tertiary/aromatic N) is 1. The van der Waals surface area contributed by atoms with Crippen molar-refractivity contribution in [2.75, 3.05) is 18.1 Å². The molecule has 2 N–H and O–H groups in total. The topological polar surface area (TPSA) is 88.5 Å². The lowest BCUT2D eigenvalue weighted by atomic mass is 10.2. The fourth-order valence-corrected chi connectivity index (χ4v) is 3.58. The Kier molecular flexibility index (Phi) is 4.38. The van der Waals surface area contributed by atoms with Crippen molar-refractivity contribution in [1.29, 1.82) is 0 Å². The van der Waals surface area contributed by atoms with Crippen LogP contribution in [-0.4, -0.2) is 48.8 Å². The molecule has 2 atom stereocenters. The average Bonchev–Trinajstić information content (AvgIpc) is 2.61. The molecule has 0 amide bonds. The molecular weight excluding hydrogens is 268 g/mol. The molecule has 1 fully saturated rings. The summed E-state index contributed by atoms with van der Waals surface area (Å²) in [5.41, 5.74) is 0.883. The van der Waals surface area contributed by atoms with E-state index in [4.69, 9.17) is 4.74 Å². The number of hydrogen-bond donors (Lipinski definition) is 2. The Morgan fingerprint density at radius 3 is 2.79 bits per heavy atom. The van der Waals surface area contributed by atoms with Crippen LogP contribution in [0.1, 0.15) is 12.6 Å². The molecule has 1 aromatic heterocycles. The van der Waals surface area contributed by atoms with Crippen LogP contribution in [-0.2, 0) is 16.4 Å². The summed E-state index contributed by atoms with van der Waals surface area (Å²) in [7, 11) is -3.19. The van der Waals surface area contributed by atoms with Crippen LogP contribution in [0, 0.1) is 0 Å². The van der Waals surface area contributed by atoms with Crippen LogP contribution in [0.5, 0.6) is 5.75 Å². The second-order valence-electron chi connectivity index (χ2n) is 4.57. The first kappa shape index (κ1) is 14.2. The Morgan fingerprint density at radius 1 is 1.47 bits per heavy atom. The first-order chi connectivity index (χ1) is 9.00. The van der Waals surface area contributed by atoms with Crippen molar-refractivity contribution in [1.82, 2.24) is 10.3 Å². The molecule has 19 heavy (non-hydrogen) atoms. The summed E-state index contributed by atoms with van der Waals surface area (Å²) >= 11 is 0. The molecule has 0 saturated carbocycles. The van der Waals surface area contributed by atoms with Gasteiger partial charge in [0.2, 0.25) is 0 Å². The summed E-state index contributed by atoms with van der Waals surface area (Å²) in [5.74, 6) is 0.0954. The molecule has 0 aliphatic carbocycles. The lowest BCUT2D eigenvalue weighted by Crippen LogP contribution is -2.29. The zero-order valence-electron chi connectivity index (χ0n) is 10.7. The zero-order chi connectivity index (χ0) is 13.9. The van der Waals surface area contributed by atoms with Gasteiger partial charge in [0.05, 0.1) is 23.4 Å². The van der Waals surface area contributed by atoms with E-state index in [0.29, 0.717) is 12.3 Å². The van der Waals surface area contributed by atoms with Gasteiger partial charge in [-0.15, -0.1) is 0 Å². The Labute approximate surface area is 112 Å². The highest BCUT2D eigenvalue weighted by atomic mass is 32.2. The molecule has 0 aromatic carbocycles. The van der Waals surface area contributed by atoms with Gasteiger partial charge < -0.3 is 15.2 Å². The summed E-state index contributed by atoms with van der Waals surface area (Å²) in [6.07, 6.45) is -0.123. The van der Waals surface area contributed by atoms with Crippen molar-refractivity contribution in [2.24, 2.45) is 0 Å². The Balaban J connectivity index is 1.96. The maximum atomic E-state index is 11.4. The maximum Gasteiger partial charge on any atom is 0.156 e. The van der Waals surface area contributed by atoms with Crippen molar-refractivity contribution in [3.8, 4) is 5.75 Å². The number of aliphatic hydroxyl groups excluding tert-OH is 1. The van der Waals surface area contributed by atoms with Gasteiger partial charge in [-0.25, -0.2) is 8.42 Å². The number of ether oxygens (including phenoxy) is 1. The molecule has 2 rings (SSSR count). The van der Waals surface area contributed by atoms with Gasteiger partial charge in [0.25, 0.3) is 0 Å². The first-order valence-electron chi connectivity index (χ1n) is 6.21. The Morgan fingerprint density at radius 2 is 2.26 bits per heavy atom. The number of aliphatic hydroxyl groups is 1. The van der Waals surface area contributed by atoms with E-state index in [1.807, 2.05) is 13.0 Å². The standard InChI is InChI=1S/C12H18N2O4S/c1-2-13-5-9-3-4-10(6-14-9)18-12-8-19(16,17)7-11(12)15/h3-4,6,11-13,15H,2,5,7-8H2,1H3. The molecule has 0 radical (unpaired) electrons. The molecule has 1 aliphatic rings. The third kappa shape index (κ3) is 3.89. The monoisotopic (exact) mass is 286 g/mol. The highest BCUT2D eigenvalue weighted by Crippen LogP contribution is 2.19. The van der Waals surface area contributed by atoms with Crippen LogP contribution in [0.4, 0.5) is 0 Å². The minimum atomic E-state index is -3.19. The van der Waals surface area contributed by atoms with Gasteiger partial charge in [-0.05, 0) is 18.7 Å². The Bertz CT molecular complexity index is 515. The van der Waals surface area contributed by atoms with Crippen molar-refractivity contribution in [3.63, 3.8) is 0 Å². The van der Waals surface area contributed by atoms with E-state index in [2.05, 4.69) is 10.3 Å². The Hall–Kier alpha value is -1.18. The highest BCUT2D eigenvalue weighted by Gasteiger charge is 2.38. The number of sulfone groups is 1. The molecule has 1 aliphatic heterocycles. The molecule has 0 bridgehead atoms. The van der Waals surface area contributed by atoms with Crippen LogP contribution >= 0.6 is 0 Å². The molecule has 1 aromatic rings.